The van der Waals surface area contributed by atoms with E-state index in [-0.39, 0.29) is 10.7 Å². The van der Waals surface area contributed by atoms with Crippen LogP contribution in [0, 0.1) is 0 Å². The molecule has 7 heteroatoms. The van der Waals surface area contributed by atoms with Gasteiger partial charge in [0.05, 0.1) is 23.4 Å². The molecule has 1 rings (SSSR count). The van der Waals surface area contributed by atoms with E-state index in [0.717, 1.165) is 25.5 Å². The van der Waals surface area contributed by atoms with Gasteiger partial charge in [-0.1, -0.05) is 17.7 Å². The number of benzene rings is 1. The van der Waals surface area contributed by atoms with Crippen molar-refractivity contribution in [2.45, 2.75) is 6.18 Å². The largest absolute Gasteiger partial charge is 0.466 e. The van der Waals surface area contributed by atoms with Crippen LogP contribution in [0.4, 0.5) is 18.9 Å². The normalized spacial score (nSPS) is 11.6. The van der Waals surface area contributed by atoms with E-state index in [1.165, 1.54) is 12.1 Å². The van der Waals surface area contributed by atoms with Gasteiger partial charge in [0.25, 0.3) is 0 Å². The number of carbonyl (C=O) groups excluding carboxylic acids is 1. The molecule has 0 aliphatic carbocycles. The number of esters is 1. The molecule has 0 atom stereocenters. The monoisotopic (exact) mass is 279 g/mol. The molecule has 0 aromatic heterocycles. The zero-order chi connectivity index (χ0) is 13.8. The Morgan fingerprint density at radius 1 is 1.44 bits per heavy atom. The third kappa shape index (κ3) is 3.66. The maximum absolute atomic E-state index is 12.7. The summed E-state index contributed by atoms with van der Waals surface area (Å²) < 4.78 is 42.3. The number of anilines is 1. The van der Waals surface area contributed by atoms with Crippen LogP contribution in [-0.2, 0) is 15.7 Å². The number of rotatable bonds is 3. The van der Waals surface area contributed by atoms with Crippen LogP contribution in [0.25, 0.3) is 0 Å². The lowest BCUT2D eigenvalue weighted by Gasteiger charge is -2.13. The van der Waals surface area contributed by atoms with Crippen LogP contribution in [0.1, 0.15) is 5.56 Å². The van der Waals surface area contributed by atoms with Gasteiger partial charge in [-0.05, 0) is 12.1 Å². The third-order valence-electron chi connectivity index (χ3n) is 1.97. The van der Waals surface area contributed by atoms with Gasteiger partial charge in [0.1, 0.15) is 0 Å². The van der Waals surface area contributed by atoms with E-state index in [9.17, 15) is 18.0 Å². The summed E-state index contributed by atoms with van der Waals surface area (Å²) in [4.78, 5) is 10.8. The van der Waals surface area contributed by atoms with Gasteiger partial charge in [0, 0.05) is 12.3 Å². The summed E-state index contributed by atoms with van der Waals surface area (Å²) in [5, 5.41) is 2.22. The predicted octanol–water partition coefficient (Wildman–Crippen LogP) is 3.46. The Hall–Kier alpha value is -1.69. The van der Waals surface area contributed by atoms with Crippen LogP contribution in [0.3, 0.4) is 0 Å². The van der Waals surface area contributed by atoms with Gasteiger partial charge in [-0.2, -0.15) is 13.2 Å². The zero-order valence-corrected chi connectivity index (χ0v) is 9.97. The third-order valence-corrected chi connectivity index (χ3v) is 2.28. The van der Waals surface area contributed by atoms with Gasteiger partial charge < -0.3 is 10.1 Å². The molecule has 98 valence electrons. The highest BCUT2D eigenvalue weighted by molar-refractivity contribution is 6.33. The van der Waals surface area contributed by atoms with E-state index in [0.29, 0.717) is 0 Å². The van der Waals surface area contributed by atoms with Crippen LogP contribution in [0.15, 0.2) is 30.5 Å². The van der Waals surface area contributed by atoms with Gasteiger partial charge in [-0.15, -0.1) is 0 Å². The quantitative estimate of drug-likeness (QED) is 0.680. The van der Waals surface area contributed by atoms with Crippen molar-refractivity contribution in [3.63, 3.8) is 0 Å². The molecular weight excluding hydrogens is 271 g/mol. The molecule has 0 unspecified atom stereocenters. The first-order valence-corrected chi connectivity index (χ1v) is 5.11. The number of hydrogen-bond acceptors (Lipinski definition) is 3. The molecule has 0 aliphatic rings. The Morgan fingerprint density at radius 2 is 2.11 bits per heavy atom. The topological polar surface area (TPSA) is 38.3 Å². The molecule has 0 bridgehead atoms. The van der Waals surface area contributed by atoms with Crippen LogP contribution in [-0.4, -0.2) is 13.1 Å². The molecule has 0 amide bonds. The fourth-order valence-electron chi connectivity index (χ4n) is 1.17. The van der Waals surface area contributed by atoms with Crippen LogP contribution in [0.5, 0.6) is 0 Å². The number of nitrogens with one attached hydrogen (secondary N) is 1. The summed E-state index contributed by atoms with van der Waals surface area (Å²) >= 11 is 5.67. The van der Waals surface area contributed by atoms with Gasteiger partial charge in [-0.3, -0.25) is 0 Å². The van der Waals surface area contributed by atoms with Gasteiger partial charge >= 0.3 is 12.1 Å². The second kappa shape index (κ2) is 5.77. The summed E-state index contributed by atoms with van der Waals surface area (Å²) in [6.45, 7) is 0. The van der Waals surface area contributed by atoms with E-state index in [1.54, 1.807) is 0 Å². The SMILES string of the molecule is COC(=O)/C=C/Nc1c(Cl)cccc1C(F)(F)F. The lowest BCUT2D eigenvalue weighted by atomic mass is 10.1. The highest BCUT2D eigenvalue weighted by Gasteiger charge is 2.34. The number of ether oxygens (including phenoxy) is 1. The van der Waals surface area contributed by atoms with E-state index in [1.807, 2.05) is 0 Å². The van der Waals surface area contributed by atoms with E-state index >= 15 is 0 Å². The first-order chi connectivity index (χ1) is 8.36. The number of alkyl halides is 3. The van der Waals surface area contributed by atoms with Gasteiger partial charge in [0.2, 0.25) is 0 Å². The minimum atomic E-state index is -4.54. The van der Waals surface area contributed by atoms with Crippen LogP contribution < -0.4 is 5.32 Å². The lowest BCUT2D eigenvalue weighted by Crippen LogP contribution is -2.09. The number of hydrogen-bond donors (Lipinski definition) is 1. The molecule has 18 heavy (non-hydrogen) atoms. The molecule has 0 saturated carbocycles. The highest BCUT2D eigenvalue weighted by Crippen LogP contribution is 2.38. The number of methoxy groups -OCH3 is 1. The standard InChI is InChI=1S/C11H9ClF3NO2/c1-18-9(17)5-6-16-10-7(11(13,14)15)3-2-4-8(10)12/h2-6,16H,1H3/b6-5+. The van der Waals surface area contributed by atoms with Crippen molar-refractivity contribution >= 4 is 23.3 Å². The molecule has 0 saturated heterocycles. The molecule has 1 N–H and O–H groups in total. The molecule has 1 aromatic rings. The van der Waals surface area contributed by atoms with Crippen molar-refractivity contribution in [3.8, 4) is 0 Å². The summed E-state index contributed by atoms with van der Waals surface area (Å²) in [6.07, 6.45) is -2.56. The molecule has 1 aromatic carbocycles. The van der Waals surface area contributed by atoms with Gasteiger partial charge in [-0.25, -0.2) is 4.79 Å². The van der Waals surface area contributed by atoms with Crippen molar-refractivity contribution in [2.24, 2.45) is 0 Å². The summed E-state index contributed by atoms with van der Waals surface area (Å²) in [6, 6.07) is 3.39. The Labute approximate surface area is 106 Å². The molecular formula is C11H9ClF3NO2. The fourth-order valence-corrected chi connectivity index (χ4v) is 1.40. The van der Waals surface area contributed by atoms with E-state index in [2.05, 4.69) is 10.1 Å². The van der Waals surface area contributed by atoms with Gasteiger partial charge in [0.15, 0.2) is 0 Å². The lowest BCUT2D eigenvalue weighted by molar-refractivity contribution is -0.137. The molecule has 0 fully saturated rings. The van der Waals surface area contributed by atoms with Crippen molar-refractivity contribution in [2.75, 3.05) is 12.4 Å². The maximum atomic E-state index is 12.7. The molecule has 3 nitrogen and oxygen atoms in total. The number of halogens is 4. The summed E-state index contributed by atoms with van der Waals surface area (Å²) in [5.41, 5.74) is -1.23. The Bertz CT molecular complexity index is 472. The average Bonchev–Trinajstić information content (AvgIpc) is 2.29. The molecule has 0 radical (unpaired) electrons. The smallest absolute Gasteiger partial charge is 0.418 e. The average molecular weight is 280 g/mol. The Kier molecular flexibility index (Phi) is 4.61. The van der Waals surface area contributed by atoms with Crippen LogP contribution in [0.2, 0.25) is 5.02 Å². The predicted molar refractivity (Wildman–Crippen MR) is 61.2 cm³/mol. The summed E-state index contributed by atoms with van der Waals surface area (Å²) in [5.74, 6) is -0.692. The minimum absolute atomic E-state index is 0.0978. The van der Waals surface area contributed by atoms with E-state index in [4.69, 9.17) is 11.6 Å². The fraction of sp³-hybridized carbons (Fsp3) is 0.182. The van der Waals surface area contributed by atoms with Crippen molar-refractivity contribution in [1.82, 2.24) is 0 Å². The van der Waals surface area contributed by atoms with Crippen molar-refractivity contribution < 1.29 is 22.7 Å². The highest BCUT2D eigenvalue weighted by atomic mass is 35.5. The molecule has 0 spiro atoms. The second-order valence-electron chi connectivity index (χ2n) is 3.16. The first kappa shape index (κ1) is 14.4. The summed E-state index contributed by atoms with van der Waals surface area (Å²) in [7, 11) is 1.16. The second-order valence-corrected chi connectivity index (χ2v) is 3.57. The number of carbonyl (C=O) groups is 1. The van der Waals surface area contributed by atoms with Crippen LogP contribution >= 0.6 is 11.6 Å². The zero-order valence-electron chi connectivity index (χ0n) is 9.22. The molecule has 0 heterocycles. The molecule has 0 aliphatic heterocycles. The van der Waals surface area contributed by atoms with Crippen molar-refractivity contribution in [3.05, 3.63) is 41.1 Å². The Morgan fingerprint density at radius 3 is 2.67 bits per heavy atom. The van der Waals surface area contributed by atoms with Crippen molar-refractivity contribution in [1.29, 1.82) is 0 Å². The first-order valence-electron chi connectivity index (χ1n) is 4.73. The maximum Gasteiger partial charge on any atom is 0.418 e. The Balaban J connectivity index is 3.01. The minimum Gasteiger partial charge on any atom is -0.466 e. The number of para-hydroxylation sites is 1. The van der Waals surface area contributed by atoms with E-state index < -0.39 is 17.7 Å².